The molecular formula is C59H35N3. The third kappa shape index (κ3) is 5.28. The molecule has 0 radical (unpaired) electrons. The van der Waals surface area contributed by atoms with Crippen LogP contribution in [0.1, 0.15) is 0 Å². The van der Waals surface area contributed by atoms with Crippen LogP contribution in [-0.4, -0.2) is 15.0 Å². The highest BCUT2D eigenvalue weighted by Gasteiger charge is 2.21. The standard InChI is InChI=1S/C59H35N3/c1-2-15-40(16-3-1)57-60-58(50-29-10-17-36-14-4-5-21-43(36)50)62-59(61-57)51-25-9-8-24-46(51)45-23-7-6-22-44(45)42-34-41-33-32-39-19-12-27-48-47-26-11-18-37-30-31-38-20-13-28-49(55(38)53(37)47)52(35-42)56(41)54(39)48/h1-35H. The lowest BCUT2D eigenvalue weighted by Crippen LogP contribution is -2.01. The zero-order chi connectivity index (χ0) is 40.7. The highest BCUT2D eigenvalue weighted by molar-refractivity contribution is 6.37. The van der Waals surface area contributed by atoms with Gasteiger partial charge in [0.15, 0.2) is 17.5 Å². The first-order chi connectivity index (χ1) is 30.7. The largest absolute Gasteiger partial charge is 0.208 e. The van der Waals surface area contributed by atoms with Crippen LogP contribution < -0.4 is 0 Å². The van der Waals surface area contributed by atoms with Crippen molar-refractivity contribution in [3.05, 3.63) is 212 Å². The quantitative estimate of drug-likeness (QED) is 0.163. The summed E-state index contributed by atoms with van der Waals surface area (Å²) in [5.74, 6) is 1.91. The summed E-state index contributed by atoms with van der Waals surface area (Å²) in [5, 5.41) is 17.5. The van der Waals surface area contributed by atoms with Gasteiger partial charge < -0.3 is 0 Å². The number of benzene rings is 11. The molecule has 13 rings (SSSR count). The van der Waals surface area contributed by atoms with E-state index >= 15 is 0 Å². The smallest absolute Gasteiger partial charge is 0.164 e. The zero-order valence-electron chi connectivity index (χ0n) is 33.5. The summed E-state index contributed by atoms with van der Waals surface area (Å²) in [6, 6.07) is 76.6. The highest BCUT2D eigenvalue weighted by atomic mass is 15.0. The minimum Gasteiger partial charge on any atom is -0.208 e. The molecule has 13 aromatic rings. The topological polar surface area (TPSA) is 38.7 Å². The van der Waals surface area contributed by atoms with Crippen molar-refractivity contribution in [3.8, 4) is 56.4 Å². The van der Waals surface area contributed by atoms with Crippen LogP contribution in [0.3, 0.4) is 0 Å². The first-order valence-electron chi connectivity index (χ1n) is 21.2. The van der Waals surface area contributed by atoms with E-state index in [9.17, 15) is 0 Å². The third-order valence-electron chi connectivity index (χ3n) is 12.8. The predicted molar refractivity (Wildman–Crippen MR) is 261 cm³/mol. The van der Waals surface area contributed by atoms with Gasteiger partial charge in [-0.2, -0.15) is 0 Å². The Balaban J connectivity index is 1.08. The van der Waals surface area contributed by atoms with Crippen LogP contribution in [0.5, 0.6) is 0 Å². The second-order valence-corrected chi connectivity index (χ2v) is 16.3. The molecule has 286 valence electrons. The molecule has 0 saturated heterocycles. The molecule has 0 saturated carbocycles. The Hall–Kier alpha value is -8.27. The number of aromatic nitrogens is 3. The number of nitrogens with zero attached hydrogens (tertiary/aromatic N) is 3. The van der Waals surface area contributed by atoms with Crippen LogP contribution >= 0.6 is 0 Å². The summed E-state index contributed by atoms with van der Waals surface area (Å²) < 4.78 is 0. The van der Waals surface area contributed by atoms with Crippen molar-refractivity contribution < 1.29 is 0 Å². The predicted octanol–water partition coefficient (Wildman–Crippen LogP) is 15.7. The van der Waals surface area contributed by atoms with Gasteiger partial charge in [0.2, 0.25) is 0 Å². The van der Waals surface area contributed by atoms with Crippen molar-refractivity contribution in [2.75, 3.05) is 0 Å². The lowest BCUT2D eigenvalue weighted by atomic mass is 9.85. The lowest BCUT2D eigenvalue weighted by Gasteiger charge is -2.18. The molecule has 0 aliphatic carbocycles. The Morgan fingerprint density at radius 2 is 0.629 bits per heavy atom. The second-order valence-electron chi connectivity index (χ2n) is 16.3. The molecule has 0 aliphatic rings. The fourth-order valence-electron chi connectivity index (χ4n) is 10.1. The third-order valence-corrected chi connectivity index (χ3v) is 12.8. The molecule has 3 nitrogen and oxygen atoms in total. The van der Waals surface area contributed by atoms with E-state index in [4.69, 9.17) is 15.0 Å². The monoisotopic (exact) mass is 785 g/mol. The van der Waals surface area contributed by atoms with Gasteiger partial charge in [-0.15, -0.1) is 0 Å². The van der Waals surface area contributed by atoms with E-state index in [0.29, 0.717) is 17.5 Å². The summed E-state index contributed by atoms with van der Waals surface area (Å²) in [5.41, 5.74) is 7.33. The highest BCUT2D eigenvalue weighted by Crippen LogP contribution is 2.46. The number of rotatable bonds is 5. The van der Waals surface area contributed by atoms with Crippen LogP contribution in [0.2, 0.25) is 0 Å². The van der Waals surface area contributed by atoms with Gasteiger partial charge >= 0.3 is 0 Å². The molecule has 0 amide bonds. The summed E-state index contributed by atoms with van der Waals surface area (Å²) in [4.78, 5) is 15.7. The molecule has 0 N–H and O–H groups in total. The summed E-state index contributed by atoms with van der Waals surface area (Å²) in [6.45, 7) is 0. The van der Waals surface area contributed by atoms with Crippen molar-refractivity contribution in [1.29, 1.82) is 0 Å². The van der Waals surface area contributed by atoms with Gasteiger partial charge in [-0.3, -0.25) is 0 Å². The maximum Gasteiger partial charge on any atom is 0.164 e. The second kappa shape index (κ2) is 13.6. The van der Waals surface area contributed by atoms with Crippen LogP contribution in [-0.2, 0) is 0 Å². The molecule has 0 atom stereocenters. The van der Waals surface area contributed by atoms with Crippen LogP contribution in [0, 0.1) is 0 Å². The number of hydrogen-bond acceptors (Lipinski definition) is 3. The van der Waals surface area contributed by atoms with Crippen LogP contribution in [0.4, 0.5) is 0 Å². The Morgan fingerprint density at radius 3 is 1.31 bits per heavy atom. The fraction of sp³-hybridized carbons (Fsp3) is 0. The minimum atomic E-state index is 0.631. The van der Waals surface area contributed by atoms with E-state index in [1.54, 1.807) is 0 Å². The summed E-state index contributed by atoms with van der Waals surface area (Å²) in [6.07, 6.45) is 0. The zero-order valence-corrected chi connectivity index (χ0v) is 33.5. The molecule has 12 aromatic carbocycles. The maximum atomic E-state index is 5.30. The van der Waals surface area contributed by atoms with Gasteiger partial charge in [0, 0.05) is 16.7 Å². The normalized spacial score (nSPS) is 11.9. The SMILES string of the molecule is c1ccc(-c2nc(-c3ccccc3-c3ccccc3-c3cc4ccc5cccc6c7cccc8ccc9cccc(c(c3)c4c56)c9c87)nc(-c3cccc4ccccc34)n2)cc1. The maximum absolute atomic E-state index is 5.30. The Labute approximate surface area is 357 Å². The van der Waals surface area contributed by atoms with E-state index in [0.717, 1.165) is 49.7 Å². The minimum absolute atomic E-state index is 0.631. The molecule has 0 aliphatic heterocycles. The van der Waals surface area contributed by atoms with Gasteiger partial charge in [0.05, 0.1) is 0 Å². The Bertz CT molecular complexity index is 3910. The van der Waals surface area contributed by atoms with E-state index in [-0.39, 0.29) is 0 Å². The molecule has 1 heterocycles. The van der Waals surface area contributed by atoms with Gasteiger partial charge in [-0.25, -0.2) is 15.0 Å². The van der Waals surface area contributed by atoms with Crippen molar-refractivity contribution in [2.45, 2.75) is 0 Å². The first-order valence-corrected chi connectivity index (χ1v) is 21.2. The number of fused-ring (bicyclic) bond motifs is 3. The van der Waals surface area contributed by atoms with Crippen molar-refractivity contribution in [1.82, 2.24) is 15.0 Å². The average molecular weight is 786 g/mol. The van der Waals surface area contributed by atoms with Crippen LogP contribution in [0.25, 0.3) is 132 Å². The molecule has 1 aromatic heterocycles. The summed E-state index contributed by atoms with van der Waals surface area (Å²) in [7, 11) is 0. The first kappa shape index (κ1) is 34.6. The number of hydrogen-bond donors (Lipinski definition) is 0. The van der Waals surface area contributed by atoms with Crippen LogP contribution in [0.15, 0.2) is 212 Å². The summed E-state index contributed by atoms with van der Waals surface area (Å²) >= 11 is 0. The molecule has 0 spiro atoms. The molecule has 0 unspecified atom stereocenters. The molecule has 0 fully saturated rings. The molecule has 3 heteroatoms. The average Bonchev–Trinajstić information content (AvgIpc) is 3.34. The van der Waals surface area contributed by atoms with E-state index in [2.05, 4.69) is 194 Å². The molecule has 0 bridgehead atoms. The molecular weight excluding hydrogens is 751 g/mol. The van der Waals surface area contributed by atoms with E-state index in [1.807, 2.05) is 18.2 Å². The van der Waals surface area contributed by atoms with Crippen molar-refractivity contribution in [2.24, 2.45) is 0 Å². The van der Waals surface area contributed by atoms with Crippen molar-refractivity contribution in [3.63, 3.8) is 0 Å². The Morgan fingerprint density at radius 1 is 0.210 bits per heavy atom. The Kier molecular flexibility index (Phi) is 7.60. The molecule has 62 heavy (non-hydrogen) atoms. The fourth-order valence-corrected chi connectivity index (χ4v) is 10.1. The van der Waals surface area contributed by atoms with Gasteiger partial charge in [-0.1, -0.05) is 200 Å². The van der Waals surface area contributed by atoms with Gasteiger partial charge in [-0.05, 0) is 110 Å². The van der Waals surface area contributed by atoms with Gasteiger partial charge in [0.1, 0.15) is 0 Å². The van der Waals surface area contributed by atoms with Gasteiger partial charge in [0.25, 0.3) is 0 Å². The van der Waals surface area contributed by atoms with E-state index in [1.165, 1.54) is 64.6 Å². The van der Waals surface area contributed by atoms with Crippen molar-refractivity contribution >= 4 is 75.4 Å². The lowest BCUT2D eigenvalue weighted by molar-refractivity contribution is 1.08. The van der Waals surface area contributed by atoms with E-state index < -0.39 is 0 Å².